The predicted molar refractivity (Wildman–Crippen MR) is 80.5 cm³/mol. The van der Waals surface area contributed by atoms with Crippen LogP contribution in [0.15, 0.2) is 36.5 Å². The van der Waals surface area contributed by atoms with Crippen LogP contribution in [-0.2, 0) is 0 Å². The average Bonchev–Trinajstić information content (AvgIpc) is 2.76. The third-order valence-electron chi connectivity index (χ3n) is 3.37. The molecule has 2 N–H and O–H groups in total. The van der Waals surface area contributed by atoms with E-state index < -0.39 is 0 Å². The molecular formula is C15H15N3S. The molecule has 0 saturated carbocycles. The Morgan fingerprint density at radius 3 is 2.84 bits per heavy atom. The zero-order chi connectivity index (χ0) is 13.4. The molecule has 0 saturated heterocycles. The van der Waals surface area contributed by atoms with Gasteiger partial charge in [-0.2, -0.15) is 0 Å². The molecule has 0 aliphatic carbocycles. The van der Waals surface area contributed by atoms with Gasteiger partial charge in [-0.15, -0.1) is 11.3 Å². The second-order valence-electron chi connectivity index (χ2n) is 4.68. The fourth-order valence-corrected chi connectivity index (χ4v) is 3.26. The van der Waals surface area contributed by atoms with Gasteiger partial charge in [-0.3, -0.25) is 4.98 Å². The van der Waals surface area contributed by atoms with Crippen LogP contribution in [0.5, 0.6) is 0 Å². The molecule has 0 amide bonds. The van der Waals surface area contributed by atoms with Crippen LogP contribution in [0.4, 0.5) is 5.13 Å². The summed E-state index contributed by atoms with van der Waals surface area (Å²) < 4.78 is 0. The van der Waals surface area contributed by atoms with Gasteiger partial charge >= 0.3 is 0 Å². The molecule has 4 heteroatoms. The van der Waals surface area contributed by atoms with Crippen LogP contribution in [-0.4, -0.2) is 9.97 Å². The van der Waals surface area contributed by atoms with E-state index in [0.29, 0.717) is 11.0 Å². The summed E-state index contributed by atoms with van der Waals surface area (Å²) >= 11 is 1.57. The average molecular weight is 269 g/mol. The van der Waals surface area contributed by atoms with E-state index in [9.17, 15) is 0 Å². The van der Waals surface area contributed by atoms with Crippen LogP contribution in [0.3, 0.4) is 0 Å². The standard InChI is InChI=1S/C15H15N3S/c1-9(14-10(2)18-15(16)19-14)11-5-6-13-12(8-11)4-3-7-17-13/h3-9H,1-2H3,(H2,16,18). The highest BCUT2D eigenvalue weighted by Crippen LogP contribution is 2.33. The molecule has 0 radical (unpaired) electrons. The van der Waals surface area contributed by atoms with Crippen molar-refractivity contribution in [3.8, 4) is 0 Å². The number of rotatable bonds is 2. The second kappa shape index (κ2) is 4.63. The molecule has 0 aliphatic rings. The summed E-state index contributed by atoms with van der Waals surface area (Å²) in [7, 11) is 0. The maximum atomic E-state index is 5.78. The third kappa shape index (κ3) is 2.19. The number of nitrogens with zero attached hydrogens (tertiary/aromatic N) is 2. The van der Waals surface area contributed by atoms with Gasteiger partial charge in [0.25, 0.3) is 0 Å². The number of fused-ring (bicyclic) bond motifs is 1. The fourth-order valence-electron chi connectivity index (χ4n) is 2.35. The second-order valence-corrected chi connectivity index (χ2v) is 5.74. The minimum Gasteiger partial charge on any atom is -0.375 e. The molecule has 19 heavy (non-hydrogen) atoms. The molecule has 0 bridgehead atoms. The molecule has 2 aromatic heterocycles. The van der Waals surface area contributed by atoms with Crippen LogP contribution in [0.1, 0.15) is 29.0 Å². The molecule has 1 unspecified atom stereocenters. The molecular weight excluding hydrogens is 254 g/mol. The lowest BCUT2D eigenvalue weighted by Crippen LogP contribution is -1.96. The molecule has 3 nitrogen and oxygen atoms in total. The Balaban J connectivity index is 2.06. The molecule has 0 fully saturated rings. The zero-order valence-electron chi connectivity index (χ0n) is 10.9. The third-order valence-corrected chi connectivity index (χ3v) is 4.54. The van der Waals surface area contributed by atoms with Crippen molar-refractivity contribution in [3.05, 3.63) is 52.7 Å². The van der Waals surface area contributed by atoms with E-state index in [0.717, 1.165) is 11.2 Å². The number of nitrogens with two attached hydrogens (primary N) is 1. The Morgan fingerprint density at radius 2 is 2.11 bits per heavy atom. The Hall–Kier alpha value is -1.94. The number of benzene rings is 1. The van der Waals surface area contributed by atoms with E-state index >= 15 is 0 Å². The van der Waals surface area contributed by atoms with Crippen LogP contribution in [0.2, 0.25) is 0 Å². The normalized spacial score (nSPS) is 12.7. The van der Waals surface area contributed by atoms with Crippen molar-refractivity contribution in [3.63, 3.8) is 0 Å². The summed E-state index contributed by atoms with van der Waals surface area (Å²) in [6, 6.07) is 10.5. The Morgan fingerprint density at radius 1 is 1.26 bits per heavy atom. The highest BCUT2D eigenvalue weighted by atomic mass is 32.1. The van der Waals surface area contributed by atoms with Gasteiger partial charge in [-0.1, -0.05) is 19.1 Å². The van der Waals surface area contributed by atoms with E-state index in [-0.39, 0.29) is 0 Å². The molecule has 96 valence electrons. The number of nitrogen functional groups attached to an aromatic ring is 1. The molecule has 3 rings (SSSR count). The summed E-state index contributed by atoms with van der Waals surface area (Å²) in [5.41, 5.74) is 9.11. The smallest absolute Gasteiger partial charge is 0.180 e. The Bertz CT molecular complexity index is 733. The van der Waals surface area contributed by atoms with Gasteiger partial charge in [0.05, 0.1) is 11.2 Å². The number of hydrogen-bond acceptors (Lipinski definition) is 4. The van der Waals surface area contributed by atoms with Gasteiger partial charge < -0.3 is 5.73 Å². The minimum atomic E-state index is 0.305. The first-order valence-corrected chi connectivity index (χ1v) is 7.04. The van der Waals surface area contributed by atoms with Gasteiger partial charge in [0.15, 0.2) is 5.13 Å². The minimum absolute atomic E-state index is 0.305. The van der Waals surface area contributed by atoms with Gasteiger partial charge in [-0.25, -0.2) is 4.98 Å². The van der Waals surface area contributed by atoms with Crippen molar-refractivity contribution in [2.24, 2.45) is 0 Å². The molecule has 0 aliphatic heterocycles. The molecule has 2 heterocycles. The van der Waals surface area contributed by atoms with E-state index in [1.165, 1.54) is 15.8 Å². The molecule has 1 aromatic carbocycles. The monoisotopic (exact) mass is 269 g/mol. The topological polar surface area (TPSA) is 51.8 Å². The zero-order valence-corrected chi connectivity index (χ0v) is 11.7. The number of aromatic nitrogens is 2. The van der Waals surface area contributed by atoms with Crippen molar-refractivity contribution in [2.75, 3.05) is 5.73 Å². The lowest BCUT2D eigenvalue weighted by molar-refractivity contribution is 0.929. The van der Waals surface area contributed by atoms with Gasteiger partial charge in [0.1, 0.15) is 0 Å². The number of thiazole rings is 1. The van der Waals surface area contributed by atoms with Crippen LogP contribution >= 0.6 is 11.3 Å². The fraction of sp³-hybridized carbons (Fsp3) is 0.200. The van der Waals surface area contributed by atoms with Crippen molar-refractivity contribution in [2.45, 2.75) is 19.8 Å². The first-order valence-electron chi connectivity index (χ1n) is 6.22. The highest BCUT2D eigenvalue weighted by molar-refractivity contribution is 7.15. The molecule has 0 spiro atoms. The lowest BCUT2D eigenvalue weighted by Gasteiger charge is -2.11. The summed E-state index contributed by atoms with van der Waals surface area (Å²) in [6.07, 6.45) is 1.82. The summed E-state index contributed by atoms with van der Waals surface area (Å²) in [4.78, 5) is 9.89. The highest BCUT2D eigenvalue weighted by Gasteiger charge is 2.15. The number of pyridine rings is 1. The number of anilines is 1. The van der Waals surface area contributed by atoms with Gasteiger partial charge in [-0.05, 0) is 30.7 Å². The summed E-state index contributed by atoms with van der Waals surface area (Å²) in [5.74, 6) is 0.305. The van der Waals surface area contributed by atoms with Gasteiger partial charge in [0, 0.05) is 22.4 Å². The lowest BCUT2D eigenvalue weighted by atomic mass is 9.97. The Labute approximate surface area is 116 Å². The summed E-state index contributed by atoms with van der Waals surface area (Å²) in [6.45, 7) is 4.21. The predicted octanol–water partition coefficient (Wildman–Crippen LogP) is 3.73. The first kappa shape index (κ1) is 12.1. The van der Waals surface area contributed by atoms with E-state index in [4.69, 9.17) is 5.73 Å². The first-order chi connectivity index (χ1) is 9.15. The maximum absolute atomic E-state index is 5.78. The van der Waals surface area contributed by atoms with Crippen LogP contribution in [0.25, 0.3) is 10.9 Å². The van der Waals surface area contributed by atoms with Crippen molar-refractivity contribution in [1.29, 1.82) is 0 Å². The van der Waals surface area contributed by atoms with Crippen LogP contribution in [0, 0.1) is 6.92 Å². The number of aryl methyl sites for hydroxylation is 1. The molecule has 1 atom stereocenters. The quantitative estimate of drug-likeness (QED) is 0.771. The van der Waals surface area contributed by atoms with E-state index in [1.807, 2.05) is 19.2 Å². The summed E-state index contributed by atoms with van der Waals surface area (Å²) in [5, 5.41) is 1.81. The number of hydrogen-bond donors (Lipinski definition) is 1. The molecule has 3 aromatic rings. The maximum Gasteiger partial charge on any atom is 0.180 e. The Kier molecular flexibility index (Phi) is 2.95. The van der Waals surface area contributed by atoms with Crippen molar-refractivity contribution < 1.29 is 0 Å². The van der Waals surface area contributed by atoms with Crippen molar-refractivity contribution in [1.82, 2.24) is 9.97 Å². The largest absolute Gasteiger partial charge is 0.375 e. The van der Waals surface area contributed by atoms with Crippen LogP contribution < -0.4 is 5.73 Å². The van der Waals surface area contributed by atoms with E-state index in [2.05, 4.69) is 41.2 Å². The van der Waals surface area contributed by atoms with E-state index in [1.54, 1.807) is 11.3 Å². The van der Waals surface area contributed by atoms with Crippen molar-refractivity contribution >= 4 is 27.4 Å². The SMILES string of the molecule is Cc1nc(N)sc1C(C)c1ccc2ncccc2c1. The van der Waals surface area contributed by atoms with Gasteiger partial charge in [0.2, 0.25) is 0 Å².